The molecule has 0 atom stereocenters. The first-order valence-electron chi connectivity index (χ1n) is 10.6. The lowest BCUT2D eigenvalue weighted by Gasteiger charge is -2.36. The van der Waals surface area contributed by atoms with Gasteiger partial charge in [0.2, 0.25) is 0 Å². The normalized spacial score (nSPS) is 15.4. The molecule has 4 nitrogen and oxygen atoms in total. The number of hydrogen-bond donors (Lipinski definition) is 0. The van der Waals surface area contributed by atoms with Crippen LogP contribution in [0.1, 0.15) is 11.4 Å². The number of aryl methyl sites for hydroxylation is 2. The summed E-state index contributed by atoms with van der Waals surface area (Å²) < 4.78 is 2.29. The quantitative estimate of drug-likeness (QED) is 0.521. The molecule has 0 unspecified atom stereocenters. The lowest BCUT2D eigenvalue weighted by molar-refractivity contribution is 0.259. The molecule has 5 rings (SSSR count). The third kappa shape index (κ3) is 3.38. The molecule has 0 bridgehead atoms. The fourth-order valence-corrected chi connectivity index (χ4v) is 4.64. The van der Waals surface area contributed by atoms with Crippen LogP contribution in [0.5, 0.6) is 0 Å². The Balaban J connectivity index is 1.28. The molecule has 4 aromatic rings. The van der Waals surface area contributed by atoms with E-state index in [1.54, 1.807) is 0 Å². The molecular weight excluding hydrogens is 356 g/mol. The van der Waals surface area contributed by atoms with Crippen molar-refractivity contribution >= 4 is 27.5 Å². The third-order valence-corrected chi connectivity index (χ3v) is 6.33. The third-order valence-electron chi connectivity index (χ3n) is 6.33. The summed E-state index contributed by atoms with van der Waals surface area (Å²) in [6, 6.07) is 21.6. The van der Waals surface area contributed by atoms with Crippen LogP contribution in [0.25, 0.3) is 21.8 Å². The van der Waals surface area contributed by atoms with Crippen molar-refractivity contribution in [2.24, 2.45) is 7.05 Å². The number of aromatic nitrogens is 2. The van der Waals surface area contributed by atoms with E-state index in [2.05, 4.69) is 89.0 Å². The Bertz CT molecular complexity index is 1150. The Kier molecular flexibility index (Phi) is 4.72. The summed E-state index contributed by atoms with van der Waals surface area (Å²) in [6.07, 6.45) is 0.990. The zero-order valence-corrected chi connectivity index (χ0v) is 17.3. The molecule has 148 valence electrons. The fraction of sp³-hybridized carbons (Fsp3) is 0.320. The summed E-state index contributed by atoms with van der Waals surface area (Å²) in [5.41, 5.74) is 5.11. The Morgan fingerprint density at radius 2 is 1.62 bits per heavy atom. The molecule has 0 aliphatic carbocycles. The number of hydrogen-bond acceptors (Lipinski definition) is 3. The van der Waals surface area contributed by atoms with Crippen LogP contribution in [-0.2, 0) is 13.5 Å². The van der Waals surface area contributed by atoms with Gasteiger partial charge in [-0.25, -0.2) is 4.98 Å². The van der Waals surface area contributed by atoms with Gasteiger partial charge >= 0.3 is 0 Å². The number of fused-ring (bicyclic) bond motifs is 3. The second kappa shape index (κ2) is 7.53. The van der Waals surface area contributed by atoms with Gasteiger partial charge in [0.25, 0.3) is 0 Å². The molecule has 0 spiro atoms. The van der Waals surface area contributed by atoms with Gasteiger partial charge in [-0.2, -0.15) is 0 Å². The van der Waals surface area contributed by atoms with Gasteiger partial charge in [-0.15, -0.1) is 0 Å². The smallest absolute Gasteiger partial charge is 0.110 e. The molecule has 1 fully saturated rings. The summed E-state index contributed by atoms with van der Waals surface area (Å²) in [6.45, 7) is 7.69. The van der Waals surface area contributed by atoms with Crippen molar-refractivity contribution in [2.75, 3.05) is 37.6 Å². The molecule has 0 amide bonds. The van der Waals surface area contributed by atoms with Crippen LogP contribution in [-0.4, -0.2) is 47.2 Å². The zero-order chi connectivity index (χ0) is 19.8. The number of anilines is 1. The van der Waals surface area contributed by atoms with Crippen molar-refractivity contribution in [3.05, 3.63) is 72.1 Å². The number of nitrogens with zero attached hydrogens (tertiary/aromatic N) is 4. The van der Waals surface area contributed by atoms with Crippen LogP contribution >= 0.6 is 0 Å². The van der Waals surface area contributed by atoms with Gasteiger partial charge in [-0.05, 0) is 30.0 Å². The molecule has 0 radical (unpaired) electrons. The van der Waals surface area contributed by atoms with Gasteiger partial charge in [0.1, 0.15) is 5.82 Å². The van der Waals surface area contributed by atoms with E-state index in [4.69, 9.17) is 4.98 Å². The maximum Gasteiger partial charge on any atom is 0.110 e. The van der Waals surface area contributed by atoms with E-state index in [-0.39, 0.29) is 0 Å². The molecule has 1 aromatic heterocycles. The summed E-state index contributed by atoms with van der Waals surface area (Å²) in [5.74, 6) is 1.18. The molecule has 0 N–H and O–H groups in total. The van der Waals surface area contributed by atoms with E-state index >= 15 is 0 Å². The minimum atomic E-state index is 0.990. The summed E-state index contributed by atoms with van der Waals surface area (Å²) in [4.78, 5) is 10.0. The van der Waals surface area contributed by atoms with E-state index in [1.807, 2.05) is 0 Å². The zero-order valence-electron chi connectivity index (χ0n) is 17.3. The van der Waals surface area contributed by atoms with Crippen molar-refractivity contribution in [1.82, 2.24) is 14.5 Å². The minimum Gasteiger partial charge on any atom is -0.369 e. The second-order valence-corrected chi connectivity index (χ2v) is 8.11. The van der Waals surface area contributed by atoms with Crippen molar-refractivity contribution in [3.63, 3.8) is 0 Å². The maximum absolute atomic E-state index is 4.95. The standard InChI is InChI=1S/C25H28N4/c1-19-7-3-6-10-23(19)29-17-15-28(16-18-29)14-13-24-26-22-12-11-20-8-4-5-9-21(20)25(22)27(24)2/h3-12H,13-18H2,1-2H3. The minimum absolute atomic E-state index is 0.990. The molecule has 1 aliphatic heterocycles. The van der Waals surface area contributed by atoms with Gasteiger partial charge in [0.05, 0.1) is 11.0 Å². The van der Waals surface area contributed by atoms with E-state index in [0.29, 0.717) is 0 Å². The van der Waals surface area contributed by atoms with Crippen molar-refractivity contribution in [1.29, 1.82) is 0 Å². The molecule has 1 aliphatic rings. The SMILES string of the molecule is Cc1ccccc1N1CCN(CCc2nc3ccc4ccccc4c3n2C)CC1. The predicted octanol–water partition coefficient (Wildman–Crippen LogP) is 4.40. The van der Waals surface area contributed by atoms with Crippen LogP contribution in [0.15, 0.2) is 60.7 Å². The molecule has 3 aromatic carbocycles. The number of benzene rings is 3. The van der Waals surface area contributed by atoms with E-state index in [1.165, 1.54) is 33.4 Å². The molecular formula is C25H28N4. The Morgan fingerprint density at radius 3 is 2.45 bits per heavy atom. The lowest BCUT2D eigenvalue weighted by atomic mass is 10.1. The van der Waals surface area contributed by atoms with Crippen LogP contribution in [0.3, 0.4) is 0 Å². The topological polar surface area (TPSA) is 24.3 Å². The predicted molar refractivity (Wildman–Crippen MR) is 122 cm³/mol. The Labute approximate surface area is 172 Å². The van der Waals surface area contributed by atoms with Gasteiger partial charge in [-0.3, -0.25) is 4.90 Å². The van der Waals surface area contributed by atoms with E-state index in [0.717, 1.165) is 44.7 Å². The average molecular weight is 385 g/mol. The molecule has 2 heterocycles. The highest BCUT2D eigenvalue weighted by Gasteiger charge is 2.19. The van der Waals surface area contributed by atoms with Gasteiger partial charge < -0.3 is 9.47 Å². The molecule has 0 saturated carbocycles. The van der Waals surface area contributed by atoms with E-state index < -0.39 is 0 Å². The van der Waals surface area contributed by atoms with Gasteiger partial charge in [0.15, 0.2) is 0 Å². The molecule has 29 heavy (non-hydrogen) atoms. The van der Waals surface area contributed by atoms with E-state index in [9.17, 15) is 0 Å². The van der Waals surface area contributed by atoms with Crippen LogP contribution in [0.2, 0.25) is 0 Å². The van der Waals surface area contributed by atoms with Crippen LogP contribution in [0, 0.1) is 6.92 Å². The maximum atomic E-state index is 4.95. The molecule has 1 saturated heterocycles. The summed E-state index contributed by atoms with van der Waals surface area (Å²) in [7, 11) is 2.16. The number of piperazine rings is 1. The largest absolute Gasteiger partial charge is 0.369 e. The first-order valence-corrected chi connectivity index (χ1v) is 10.6. The number of para-hydroxylation sites is 1. The molecule has 4 heteroatoms. The number of imidazole rings is 1. The van der Waals surface area contributed by atoms with Crippen LogP contribution in [0.4, 0.5) is 5.69 Å². The average Bonchev–Trinajstić information content (AvgIpc) is 3.09. The van der Waals surface area contributed by atoms with Crippen LogP contribution < -0.4 is 4.90 Å². The monoisotopic (exact) mass is 384 g/mol. The van der Waals surface area contributed by atoms with Crippen molar-refractivity contribution in [2.45, 2.75) is 13.3 Å². The lowest BCUT2D eigenvalue weighted by Crippen LogP contribution is -2.47. The highest BCUT2D eigenvalue weighted by molar-refractivity contribution is 6.04. The highest BCUT2D eigenvalue weighted by atomic mass is 15.3. The summed E-state index contributed by atoms with van der Waals surface area (Å²) >= 11 is 0. The highest BCUT2D eigenvalue weighted by Crippen LogP contribution is 2.26. The first-order chi connectivity index (χ1) is 14.2. The second-order valence-electron chi connectivity index (χ2n) is 8.11. The van der Waals surface area contributed by atoms with Gasteiger partial charge in [-0.1, -0.05) is 48.5 Å². The first kappa shape index (κ1) is 18.2. The fourth-order valence-electron chi connectivity index (χ4n) is 4.64. The van der Waals surface area contributed by atoms with Gasteiger partial charge in [0, 0.05) is 57.3 Å². The van der Waals surface area contributed by atoms with Crippen molar-refractivity contribution < 1.29 is 0 Å². The Morgan fingerprint density at radius 1 is 0.862 bits per heavy atom. The summed E-state index contributed by atoms with van der Waals surface area (Å²) in [5, 5.41) is 2.57. The Hall–Kier alpha value is -2.85. The van der Waals surface area contributed by atoms with Crippen molar-refractivity contribution in [3.8, 4) is 0 Å². The number of rotatable bonds is 4.